The van der Waals surface area contributed by atoms with Gasteiger partial charge in [0.05, 0.1) is 11.6 Å². The lowest BCUT2D eigenvalue weighted by Gasteiger charge is -2.26. The van der Waals surface area contributed by atoms with Crippen molar-refractivity contribution in [2.24, 2.45) is 5.41 Å². The van der Waals surface area contributed by atoms with E-state index in [0.29, 0.717) is 12.1 Å². The standard InChI is InChI=1S/C16H19ClFNO2/c17-13-9-12(3-5-14(13)18)4-6-15(21)19-10-16(11-20)7-1-2-8-16/h3-6,9,20H,1-2,7-8,10-11H2,(H,19,21)/b6-4+. The van der Waals surface area contributed by atoms with Crippen LogP contribution in [0.15, 0.2) is 24.3 Å². The van der Waals surface area contributed by atoms with Crippen LogP contribution in [0.5, 0.6) is 0 Å². The highest BCUT2D eigenvalue weighted by atomic mass is 35.5. The Bertz CT molecular complexity index is 539. The van der Waals surface area contributed by atoms with Gasteiger partial charge < -0.3 is 10.4 Å². The number of rotatable bonds is 5. The lowest BCUT2D eigenvalue weighted by Crippen LogP contribution is -2.37. The second-order valence-electron chi connectivity index (χ2n) is 5.59. The number of aliphatic hydroxyl groups excluding tert-OH is 1. The van der Waals surface area contributed by atoms with Crippen molar-refractivity contribution in [1.29, 1.82) is 0 Å². The predicted molar refractivity (Wildman–Crippen MR) is 81.4 cm³/mol. The Labute approximate surface area is 128 Å². The fraction of sp³-hybridized carbons (Fsp3) is 0.438. The molecule has 21 heavy (non-hydrogen) atoms. The van der Waals surface area contributed by atoms with Gasteiger partial charge in [-0.05, 0) is 36.6 Å². The van der Waals surface area contributed by atoms with E-state index in [-0.39, 0.29) is 23.0 Å². The molecule has 2 rings (SSSR count). The average Bonchev–Trinajstić information content (AvgIpc) is 2.96. The molecule has 5 heteroatoms. The molecule has 0 heterocycles. The van der Waals surface area contributed by atoms with Crippen molar-refractivity contribution in [3.8, 4) is 0 Å². The van der Waals surface area contributed by atoms with Crippen LogP contribution in [-0.2, 0) is 4.79 Å². The quantitative estimate of drug-likeness (QED) is 0.821. The van der Waals surface area contributed by atoms with Gasteiger partial charge in [0, 0.05) is 18.0 Å². The molecule has 1 aromatic rings. The number of carbonyl (C=O) groups excluding carboxylic acids is 1. The molecule has 3 nitrogen and oxygen atoms in total. The van der Waals surface area contributed by atoms with Gasteiger partial charge in [0.25, 0.3) is 0 Å². The van der Waals surface area contributed by atoms with Gasteiger partial charge in [-0.15, -0.1) is 0 Å². The second kappa shape index (κ2) is 7.05. The minimum atomic E-state index is -0.482. The number of hydrogen-bond donors (Lipinski definition) is 2. The Morgan fingerprint density at radius 2 is 2.14 bits per heavy atom. The van der Waals surface area contributed by atoms with E-state index >= 15 is 0 Å². The van der Waals surface area contributed by atoms with Crippen molar-refractivity contribution in [1.82, 2.24) is 5.32 Å². The Balaban J connectivity index is 1.89. The van der Waals surface area contributed by atoms with Crippen molar-refractivity contribution in [2.75, 3.05) is 13.2 Å². The maximum Gasteiger partial charge on any atom is 0.244 e. The van der Waals surface area contributed by atoms with Crippen molar-refractivity contribution >= 4 is 23.6 Å². The fourth-order valence-corrected chi connectivity index (χ4v) is 2.83. The fourth-order valence-electron chi connectivity index (χ4n) is 2.64. The molecule has 0 spiro atoms. The molecular formula is C16H19ClFNO2. The molecule has 114 valence electrons. The van der Waals surface area contributed by atoms with E-state index in [1.807, 2.05) is 0 Å². The van der Waals surface area contributed by atoms with E-state index in [2.05, 4.69) is 5.32 Å². The minimum absolute atomic E-state index is 0.0303. The van der Waals surface area contributed by atoms with Gasteiger partial charge in [0.2, 0.25) is 5.91 Å². The third-order valence-electron chi connectivity index (χ3n) is 4.01. The molecule has 1 aromatic carbocycles. The Kier molecular flexibility index (Phi) is 5.37. The van der Waals surface area contributed by atoms with Gasteiger partial charge in [-0.3, -0.25) is 4.79 Å². The molecule has 0 unspecified atom stereocenters. The molecule has 1 fully saturated rings. The van der Waals surface area contributed by atoms with Gasteiger partial charge in [0.15, 0.2) is 0 Å². The smallest absolute Gasteiger partial charge is 0.244 e. The molecule has 0 saturated heterocycles. The summed E-state index contributed by atoms with van der Waals surface area (Å²) < 4.78 is 13.0. The summed E-state index contributed by atoms with van der Waals surface area (Å²) in [5, 5.41) is 12.3. The van der Waals surface area contributed by atoms with Crippen LogP contribution in [0.4, 0.5) is 4.39 Å². The van der Waals surface area contributed by atoms with Crippen LogP contribution in [0.25, 0.3) is 6.08 Å². The lowest BCUT2D eigenvalue weighted by molar-refractivity contribution is -0.117. The van der Waals surface area contributed by atoms with E-state index in [1.165, 1.54) is 18.2 Å². The van der Waals surface area contributed by atoms with Crippen molar-refractivity contribution in [2.45, 2.75) is 25.7 Å². The first kappa shape index (κ1) is 16.0. The van der Waals surface area contributed by atoms with Crippen molar-refractivity contribution in [3.05, 3.63) is 40.7 Å². The third kappa shape index (κ3) is 4.29. The van der Waals surface area contributed by atoms with E-state index < -0.39 is 5.82 Å². The predicted octanol–water partition coefficient (Wildman–Crippen LogP) is 3.16. The first-order valence-electron chi connectivity index (χ1n) is 7.06. The summed E-state index contributed by atoms with van der Waals surface area (Å²) >= 11 is 5.68. The number of benzene rings is 1. The summed E-state index contributed by atoms with van der Waals surface area (Å²) in [6, 6.07) is 4.28. The van der Waals surface area contributed by atoms with Gasteiger partial charge in [-0.25, -0.2) is 4.39 Å². The monoisotopic (exact) mass is 311 g/mol. The summed E-state index contributed by atoms with van der Waals surface area (Å²) in [6.45, 7) is 0.585. The van der Waals surface area contributed by atoms with E-state index in [4.69, 9.17) is 11.6 Å². The normalized spacial score (nSPS) is 17.3. The summed E-state index contributed by atoms with van der Waals surface area (Å²) in [4.78, 5) is 11.8. The summed E-state index contributed by atoms with van der Waals surface area (Å²) in [5.41, 5.74) is 0.497. The second-order valence-corrected chi connectivity index (χ2v) is 6.00. The zero-order valence-electron chi connectivity index (χ0n) is 11.7. The summed E-state index contributed by atoms with van der Waals surface area (Å²) in [6.07, 6.45) is 7.06. The molecule has 0 radical (unpaired) electrons. The number of aliphatic hydroxyl groups is 1. The highest BCUT2D eigenvalue weighted by Gasteiger charge is 2.33. The molecular weight excluding hydrogens is 293 g/mol. The van der Waals surface area contributed by atoms with Gasteiger partial charge in [-0.1, -0.05) is 30.5 Å². The largest absolute Gasteiger partial charge is 0.396 e. The van der Waals surface area contributed by atoms with Crippen LogP contribution in [0, 0.1) is 11.2 Å². The van der Waals surface area contributed by atoms with Crippen molar-refractivity contribution < 1.29 is 14.3 Å². The number of hydrogen-bond acceptors (Lipinski definition) is 2. The van der Waals surface area contributed by atoms with Crippen LogP contribution in [0.2, 0.25) is 5.02 Å². The van der Waals surface area contributed by atoms with Gasteiger partial charge in [0.1, 0.15) is 5.82 Å². The molecule has 1 amide bonds. The number of amides is 1. The van der Waals surface area contributed by atoms with Crippen LogP contribution in [0.1, 0.15) is 31.2 Å². The summed E-state index contributed by atoms with van der Waals surface area (Å²) in [7, 11) is 0. The maximum atomic E-state index is 13.0. The van der Waals surface area contributed by atoms with Crippen molar-refractivity contribution in [3.63, 3.8) is 0 Å². The highest BCUT2D eigenvalue weighted by molar-refractivity contribution is 6.30. The van der Waals surface area contributed by atoms with E-state index in [1.54, 1.807) is 12.1 Å². The Morgan fingerprint density at radius 1 is 1.43 bits per heavy atom. The zero-order chi connectivity index (χ0) is 15.3. The van der Waals surface area contributed by atoms with Crippen LogP contribution in [0.3, 0.4) is 0 Å². The van der Waals surface area contributed by atoms with Crippen LogP contribution >= 0.6 is 11.6 Å². The maximum absolute atomic E-state index is 13.0. The number of carbonyl (C=O) groups is 1. The summed E-state index contributed by atoms with van der Waals surface area (Å²) in [5.74, 6) is -0.709. The zero-order valence-corrected chi connectivity index (χ0v) is 12.5. The molecule has 2 N–H and O–H groups in total. The Hall–Kier alpha value is -1.39. The molecule has 0 aliphatic heterocycles. The third-order valence-corrected chi connectivity index (χ3v) is 4.30. The molecule has 0 atom stereocenters. The molecule has 1 aliphatic rings. The highest BCUT2D eigenvalue weighted by Crippen LogP contribution is 2.36. The lowest BCUT2D eigenvalue weighted by atomic mass is 9.87. The van der Waals surface area contributed by atoms with Gasteiger partial charge >= 0.3 is 0 Å². The Morgan fingerprint density at radius 3 is 2.76 bits per heavy atom. The molecule has 1 aliphatic carbocycles. The van der Waals surface area contributed by atoms with Crippen LogP contribution < -0.4 is 5.32 Å². The molecule has 1 saturated carbocycles. The molecule has 0 bridgehead atoms. The average molecular weight is 312 g/mol. The first-order valence-corrected chi connectivity index (χ1v) is 7.44. The topological polar surface area (TPSA) is 49.3 Å². The first-order chi connectivity index (χ1) is 10.0. The minimum Gasteiger partial charge on any atom is -0.396 e. The number of halogens is 2. The van der Waals surface area contributed by atoms with E-state index in [9.17, 15) is 14.3 Å². The SMILES string of the molecule is O=C(/C=C/c1ccc(F)c(Cl)c1)NCC1(CO)CCCC1. The van der Waals surface area contributed by atoms with Gasteiger partial charge in [-0.2, -0.15) is 0 Å². The molecule has 0 aromatic heterocycles. The van der Waals surface area contributed by atoms with Crippen LogP contribution in [-0.4, -0.2) is 24.2 Å². The number of nitrogens with one attached hydrogen (secondary N) is 1. The van der Waals surface area contributed by atoms with E-state index in [0.717, 1.165) is 25.7 Å².